The van der Waals surface area contributed by atoms with E-state index in [1.807, 2.05) is 42.6 Å². The van der Waals surface area contributed by atoms with E-state index in [2.05, 4.69) is 15.3 Å². The number of aliphatic hydroxyl groups excluding tert-OH is 1. The molecule has 3 aromatic rings. The standard InChI is InChI=1S/C20H21N3O3/c1-26-17-5-3-2-4-13(17)16-11-21-19-14(16)6-7-18(22-19)23-20(25)15-10-12(15)8-9-24/h2-7,11-12,15,24H,8-10H2,1H3,(H2,21,22,23,25)/t12-,15-/m0/s1. The largest absolute Gasteiger partial charge is 0.496 e. The second-order valence-electron chi connectivity index (χ2n) is 6.60. The SMILES string of the molecule is COc1ccccc1-c1c[nH]c2nc(NC(=O)[C@H]3C[C@@H]3CCO)ccc12. The molecule has 6 nitrogen and oxygen atoms in total. The van der Waals surface area contributed by atoms with E-state index in [4.69, 9.17) is 9.84 Å². The quantitative estimate of drug-likeness (QED) is 0.636. The van der Waals surface area contributed by atoms with Gasteiger partial charge in [-0.2, -0.15) is 0 Å². The number of carbonyl (C=O) groups is 1. The van der Waals surface area contributed by atoms with Crippen LogP contribution in [0.5, 0.6) is 5.75 Å². The van der Waals surface area contributed by atoms with Crippen LogP contribution in [0, 0.1) is 11.8 Å². The van der Waals surface area contributed by atoms with Gasteiger partial charge in [-0.15, -0.1) is 0 Å². The highest BCUT2D eigenvalue weighted by Crippen LogP contribution is 2.41. The predicted molar refractivity (Wildman–Crippen MR) is 100 cm³/mol. The first-order valence-electron chi connectivity index (χ1n) is 8.74. The number of nitrogens with zero attached hydrogens (tertiary/aromatic N) is 1. The number of pyridine rings is 1. The first-order valence-corrected chi connectivity index (χ1v) is 8.74. The van der Waals surface area contributed by atoms with Gasteiger partial charge in [-0.1, -0.05) is 18.2 Å². The minimum absolute atomic E-state index is 0.00701. The van der Waals surface area contributed by atoms with Gasteiger partial charge in [0.15, 0.2) is 0 Å². The highest BCUT2D eigenvalue weighted by atomic mass is 16.5. The summed E-state index contributed by atoms with van der Waals surface area (Å²) in [4.78, 5) is 19.9. The van der Waals surface area contributed by atoms with Crippen LogP contribution in [0.25, 0.3) is 22.2 Å². The number of anilines is 1. The number of amides is 1. The highest BCUT2D eigenvalue weighted by molar-refractivity contribution is 5.98. The molecule has 6 heteroatoms. The molecule has 1 aliphatic rings. The molecule has 1 aromatic carbocycles. The van der Waals surface area contributed by atoms with Crippen LogP contribution in [-0.2, 0) is 4.79 Å². The smallest absolute Gasteiger partial charge is 0.228 e. The Morgan fingerprint density at radius 3 is 2.96 bits per heavy atom. The average molecular weight is 351 g/mol. The average Bonchev–Trinajstić information content (AvgIpc) is 3.31. The van der Waals surface area contributed by atoms with Gasteiger partial charge in [0.1, 0.15) is 17.2 Å². The molecule has 134 valence electrons. The molecule has 1 amide bonds. The first kappa shape index (κ1) is 16.6. The van der Waals surface area contributed by atoms with Crippen molar-refractivity contribution in [1.82, 2.24) is 9.97 Å². The van der Waals surface area contributed by atoms with Gasteiger partial charge in [-0.25, -0.2) is 4.98 Å². The van der Waals surface area contributed by atoms with Crippen LogP contribution in [0.15, 0.2) is 42.6 Å². The predicted octanol–water partition coefficient (Wildman–Crippen LogP) is 3.20. The Balaban J connectivity index is 1.57. The second-order valence-corrected chi connectivity index (χ2v) is 6.60. The third kappa shape index (κ3) is 3.04. The lowest BCUT2D eigenvalue weighted by atomic mass is 10.0. The van der Waals surface area contributed by atoms with E-state index in [0.717, 1.165) is 28.7 Å². The number of benzene rings is 1. The van der Waals surface area contributed by atoms with E-state index in [1.165, 1.54) is 0 Å². The number of ether oxygens (including phenoxy) is 1. The van der Waals surface area contributed by atoms with Crippen molar-refractivity contribution in [1.29, 1.82) is 0 Å². The monoisotopic (exact) mass is 351 g/mol. The molecule has 3 N–H and O–H groups in total. The highest BCUT2D eigenvalue weighted by Gasteiger charge is 2.42. The number of fused-ring (bicyclic) bond motifs is 1. The summed E-state index contributed by atoms with van der Waals surface area (Å²) < 4.78 is 5.45. The molecule has 1 fully saturated rings. The third-order valence-corrected chi connectivity index (χ3v) is 4.95. The maximum absolute atomic E-state index is 12.2. The molecule has 1 aliphatic carbocycles. The lowest BCUT2D eigenvalue weighted by Crippen LogP contribution is -2.15. The molecular formula is C20H21N3O3. The molecule has 2 heterocycles. The third-order valence-electron chi connectivity index (χ3n) is 4.95. The lowest BCUT2D eigenvalue weighted by Gasteiger charge is -2.07. The number of methoxy groups -OCH3 is 1. The Labute approximate surface area is 151 Å². The number of carbonyl (C=O) groups excluding carboxylic acids is 1. The normalized spacial score (nSPS) is 18.7. The van der Waals surface area contributed by atoms with E-state index < -0.39 is 0 Å². The molecule has 26 heavy (non-hydrogen) atoms. The summed E-state index contributed by atoms with van der Waals surface area (Å²) in [5.41, 5.74) is 2.71. The Hall–Kier alpha value is -2.86. The van der Waals surface area contributed by atoms with Gasteiger partial charge in [-0.05, 0) is 37.0 Å². The van der Waals surface area contributed by atoms with Gasteiger partial charge < -0.3 is 20.1 Å². The van der Waals surface area contributed by atoms with E-state index in [1.54, 1.807) is 7.11 Å². The van der Waals surface area contributed by atoms with Crippen molar-refractivity contribution in [2.24, 2.45) is 11.8 Å². The van der Waals surface area contributed by atoms with E-state index in [9.17, 15) is 4.79 Å². The van der Waals surface area contributed by atoms with Crippen LogP contribution in [-0.4, -0.2) is 34.7 Å². The van der Waals surface area contributed by atoms with Gasteiger partial charge in [0.25, 0.3) is 0 Å². The lowest BCUT2D eigenvalue weighted by molar-refractivity contribution is -0.117. The number of aliphatic hydroxyl groups is 1. The van der Waals surface area contributed by atoms with Crippen molar-refractivity contribution in [3.05, 3.63) is 42.6 Å². The van der Waals surface area contributed by atoms with Gasteiger partial charge in [-0.3, -0.25) is 4.79 Å². The number of rotatable bonds is 6. The number of nitrogens with one attached hydrogen (secondary N) is 2. The summed E-state index contributed by atoms with van der Waals surface area (Å²) in [6, 6.07) is 11.6. The van der Waals surface area contributed by atoms with Crippen molar-refractivity contribution >= 4 is 22.8 Å². The summed E-state index contributed by atoms with van der Waals surface area (Å²) in [6.07, 6.45) is 3.43. The minimum atomic E-state index is -0.0215. The van der Waals surface area contributed by atoms with Crippen LogP contribution in [0.2, 0.25) is 0 Å². The summed E-state index contributed by atoms with van der Waals surface area (Å²) in [5, 5.41) is 12.8. The Morgan fingerprint density at radius 2 is 2.15 bits per heavy atom. The van der Waals surface area contributed by atoms with Crippen molar-refractivity contribution < 1.29 is 14.6 Å². The molecule has 2 aromatic heterocycles. The van der Waals surface area contributed by atoms with Crippen molar-refractivity contribution in [2.75, 3.05) is 19.0 Å². The van der Waals surface area contributed by atoms with Gasteiger partial charge in [0.05, 0.1) is 7.11 Å². The molecule has 2 atom stereocenters. The zero-order valence-electron chi connectivity index (χ0n) is 14.5. The molecule has 0 aliphatic heterocycles. The topological polar surface area (TPSA) is 87.2 Å². The van der Waals surface area contributed by atoms with Crippen LogP contribution in [0.1, 0.15) is 12.8 Å². The second kappa shape index (κ2) is 6.80. The molecule has 1 saturated carbocycles. The number of aromatic nitrogens is 2. The van der Waals surface area contributed by atoms with Crippen molar-refractivity contribution in [3.63, 3.8) is 0 Å². The molecule has 0 spiro atoms. The summed E-state index contributed by atoms with van der Waals surface area (Å²) in [7, 11) is 1.65. The fourth-order valence-corrected chi connectivity index (χ4v) is 3.44. The Morgan fingerprint density at radius 1 is 1.31 bits per heavy atom. The van der Waals surface area contributed by atoms with Gasteiger partial charge in [0, 0.05) is 35.2 Å². The van der Waals surface area contributed by atoms with Crippen molar-refractivity contribution in [3.8, 4) is 16.9 Å². The molecular weight excluding hydrogens is 330 g/mol. The molecule has 0 bridgehead atoms. The van der Waals surface area contributed by atoms with E-state index >= 15 is 0 Å². The Bertz CT molecular complexity index is 950. The van der Waals surface area contributed by atoms with Gasteiger partial charge in [0.2, 0.25) is 5.91 Å². The first-order chi connectivity index (χ1) is 12.7. The zero-order valence-corrected chi connectivity index (χ0v) is 14.5. The van der Waals surface area contributed by atoms with Gasteiger partial charge >= 0.3 is 0 Å². The molecule has 0 unspecified atom stereocenters. The fourth-order valence-electron chi connectivity index (χ4n) is 3.44. The summed E-state index contributed by atoms with van der Waals surface area (Å²) in [5.74, 6) is 1.60. The molecule has 4 rings (SSSR count). The molecule has 0 radical (unpaired) electrons. The molecule has 0 saturated heterocycles. The number of hydrogen-bond acceptors (Lipinski definition) is 4. The maximum atomic E-state index is 12.2. The number of aromatic amines is 1. The van der Waals surface area contributed by atoms with E-state index in [0.29, 0.717) is 23.8 Å². The van der Waals surface area contributed by atoms with E-state index in [-0.39, 0.29) is 18.4 Å². The Kier molecular flexibility index (Phi) is 4.34. The zero-order chi connectivity index (χ0) is 18.1. The number of hydrogen-bond donors (Lipinski definition) is 3. The number of H-pyrrole nitrogens is 1. The fraction of sp³-hybridized carbons (Fsp3) is 0.300. The summed E-state index contributed by atoms with van der Waals surface area (Å²) >= 11 is 0. The maximum Gasteiger partial charge on any atom is 0.228 e. The van der Waals surface area contributed by atoms with Crippen LogP contribution >= 0.6 is 0 Å². The van der Waals surface area contributed by atoms with Crippen molar-refractivity contribution in [2.45, 2.75) is 12.8 Å². The minimum Gasteiger partial charge on any atom is -0.496 e. The van der Waals surface area contributed by atoms with Crippen LogP contribution < -0.4 is 10.1 Å². The van der Waals surface area contributed by atoms with Crippen LogP contribution in [0.4, 0.5) is 5.82 Å². The van der Waals surface area contributed by atoms with Crippen LogP contribution in [0.3, 0.4) is 0 Å². The summed E-state index contributed by atoms with van der Waals surface area (Å²) in [6.45, 7) is 0.132. The number of para-hydroxylation sites is 1.